The summed E-state index contributed by atoms with van der Waals surface area (Å²) in [5.41, 5.74) is 10.7. The highest BCUT2D eigenvalue weighted by Crippen LogP contribution is 2.47. The molecule has 5 heteroatoms. The van der Waals surface area contributed by atoms with E-state index in [0.29, 0.717) is 4.75 Å². The standard InChI is InChI=1S/C12H15N3S2/c1-16-12(4-5-12)6-14-8-2-3-9-11(10(8)13)15-7-17-9/h2-3,7,14H,4-6,13H2,1H3. The molecule has 1 fully saturated rings. The van der Waals surface area contributed by atoms with Gasteiger partial charge in [-0.05, 0) is 31.2 Å². The molecule has 1 aromatic heterocycles. The Balaban J connectivity index is 1.83. The van der Waals surface area contributed by atoms with E-state index in [1.165, 1.54) is 12.8 Å². The molecular weight excluding hydrogens is 250 g/mol. The fraction of sp³-hybridized carbons (Fsp3) is 0.417. The van der Waals surface area contributed by atoms with Crippen LogP contribution in [0.5, 0.6) is 0 Å². The van der Waals surface area contributed by atoms with Gasteiger partial charge in [-0.3, -0.25) is 0 Å². The van der Waals surface area contributed by atoms with E-state index in [2.05, 4.69) is 28.7 Å². The lowest BCUT2D eigenvalue weighted by Gasteiger charge is -2.15. The summed E-state index contributed by atoms with van der Waals surface area (Å²) in [6, 6.07) is 4.15. The van der Waals surface area contributed by atoms with Gasteiger partial charge in [0.05, 0.1) is 21.6 Å². The van der Waals surface area contributed by atoms with E-state index in [4.69, 9.17) is 5.73 Å². The first-order chi connectivity index (χ1) is 8.24. The number of anilines is 2. The number of rotatable bonds is 4. The Morgan fingerprint density at radius 1 is 1.53 bits per heavy atom. The van der Waals surface area contributed by atoms with Gasteiger partial charge in [0.1, 0.15) is 5.52 Å². The molecule has 0 atom stereocenters. The van der Waals surface area contributed by atoms with Crippen molar-refractivity contribution in [2.45, 2.75) is 17.6 Å². The number of benzene rings is 1. The maximum Gasteiger partial charge on any atom is 0.106 e. The Morgan fingerprint density at radius 2 is 2.35 bits per heavy atom. The highest BCUT2D eigenvalue weighted by Gasteiger charge is 2.41. The molecule has 0 bridgehead atoms. The molecule has 0 spiro atoms. The summed E-state index contributed by atoms with van der Waals surface area (Å²) in [5, 5.41) is 3.47. The number of aromatic nitrogens is 1. The van der Waals surface area contributed by atoms with E-state index in [9.17, 15) is 0 Å². The monoisotopic (exact) mass is 265 g/mol. The molecule has 2 aromatic rings. The smallest absolute Gasteiger partial charge is 0.106 e. The predicted octanol–water partition coefficient (Wildman–Crippen LogP) is 3.19. The molecule has 3 N–H and O–H groups in total. The van der Waals surface area contributed by atoms with E-state index in [1.807, 2.05) is 17.3 Å². The van der Waals surface area contributed by atoms with Gasteiger partial charge in [-0.15, -0.1) is 11.3 Å². The topological polar surface area (TPSA) is 50.9 Å². The van der Waals surface area contributed by atoms with Gasteiger partial charge in [-0.1, -0.05) is 0 Å². The third-order valence-electron chi connectivity index (χ3n) is 3.38. The van der Waals surface area contributed by atoms with Crippen LogP contribution in [0.15, 0.2) is 17.6 Å². The number of fused-ring (bicyclic) bond motifs is 1. The third-order valence-corrected chi connectivity index (χ3v) is 5.60. The zero-order valence-electron chi connectivity index (χ0n) is 9.69. The van der Waals surface area contributed by atoms with Crippen LogP contribution in [0, 0.1) is 0 Å². The van der Waals surface area contributed by atoms with Crippen LogP contribution in [-0.4, -0.2) is 22.5 Å². The molecule has 0 unspecified atom stereocenters. The van der Waals surface area contributed by atoms with E-state index < -0.39 is 0 Å². The summed E-state index contributed by atoms with van der Waals surface area (Å²) in [6.07, 6.45) is 4.79. The average Bonchev–Trinajstić information content (AvgIpc) is 2.96. The van der Waals surface area contributed by atoms with Gasteiger partial charge < -0.3 is 11.1 Å². The largest absolute Gasteiger partial charge is 0.395 e. The van der Waals surface area contributed by atoms with Crippen LogP contribution in [0.25, 0.3) is 10.2 Å². The minimum Gasteiger partial charge on any atom is -0.395 e. The van der Waals surface area contributed by atoms with Crippen molar-refractivity contribution in [1.29, 1.82) is 0 Å². The van der Waals surface area contributed by atoms with E-state index in [1.54, 1.807) is 11.3 Å². The average molecular weight is 265 g/mol. The zero-order chi connectivity index (χ0) is 11.9. The molecule has 0 saturated heterocycles. The fourth-order valence-corrected chi connectivity index (χ4v) is 3.37. The summed E-state index contributed by atoms with van der Waals surface area (Å²) in [4.78, 5) is 4.31. The van der Waals surface area contributed by atoms with Crippen molar-refractivity contribution in [1.82, 2.24) is 4.98 Å². The summed E-state index contributed by atoms with van der Waals surface area (Å²) < 4.78 is 1.60. The van der Waals surface area contributed by atoms with Gasteiger partial charge in [0.15, 0.2) is 0 Å². The minimum atomic E-state index is 0.448. The van der Waals surface area contributed by atoms with Crippen molar-refractivity contribution in [3.63, 3.8) is 0 Å². The van der Waals surface area contributed by atoms with Crippen LogP contribution in [0.2, 0.25) is 0 Å². The second-order valence-corrected chi connectivity index (χ2v) is 6.63. The number of nitrogens with two attached hydrogens (primary N) is 1. The fourth-order valence-electron chi connectivity index (χ4n) is 1.96. The quantitative estimate of drug-likeness (QED) is 0.834. The van der Waals surface area contributed by atoms with Gasteiger partial charge in [-0.2, -0.15) is 11.8 Å². The molecule has 1 aliphatic carbocycles. The van der Waals surface area contributed by atoms with Crippen molar-refractivity contribution < 1.29 is 0 Å². The molecule has 1 heterocycles. The van der Waals surface area contributed by atoms with E-state index >= 15 is 0 Å². The molecule has 1 aliphatic rings. The Bertz CT molecular complexity index is 546. The maximum atomic E-state index is 6.13. The first-order valence-electron chi connectivity index (χ1n) is 5.65. The van der Waals surface area contributed by atoms with Gasteiger partial charge in [0.25, 0.3) is 0 Å². The highest BCUT2D eigenvalue weighted by molar-refractivity contribution is 8.00. The summed E-state index contributed by atoms with van der Waals surface area (Å²) in [5.74, 6) is 0. The predicted molar refractivity (Wildman–Crippen MR) is 78.0 cm³/mol. The Labute approximate surface area is 109 Å². The number of nitrogens with zero attached hydrogens (tertiary/aromatic N) is 1. The Morgan fingerprint density at radius 3 is 3.06 bits per heavy atom. The van der Waals surface area contributed by atoms with Gasteiger partial charge in [0, 0.05) is 11.3 Å². The Kier molecular flexibility index (Phi) is 2.67. The first kappa shape index (κ1) is 11.2. The lowest BCUT2D eigenvalue weighted by molar-refractivity contribution is 0.950. The van der Waals surface area contributed by atoms with Gasteiger partial charge in [-0.25, -0.2) is 4.98 Å². The van der Waals surface area contributed by atoms with Crippen LogP contribution >= 0.6 is 23.1 Å². The summed E-state index contributed by atoms with van der Waals surface area (Å²) in [7, 11) is 0. The van der Waals surface area contributed by atoms with Crippen molar-refractivity contribution in [2.75, 3.05) is 23.9 Å². The van der Waals surface area contributed by atoms with Gasteiger partial charge >= 0.3 is 0 Å². The Hall–Kier alpha value is -0.940. The molecule has 0 radical (unpaired) electrons. The van der Waals surface area contributed by atoms with Crippen molar-refractivity contribution in [2.24, 2.45) is 0 Å². The highest BCUT2D eigenvalue weighted by atomic mass is 32.2. The third kappa shape index (κ3) is 1.98. The number of hydrogen-bond acceptors (Lipinski definition) is 5. The van der Waals surface area contributed by atoms with E-state index in [-0.39, 0.29) is 0 Å². The maximum absolute atomic E-state index is 6.13. The molecule has 1 aromatic carbocycles. The van der Waals surface area contributed by atoms with Crippen molar-refractivity contribution in [3.8, 4) is 0 Å². The number of thioether (sulfide) groups is 1. The van der Waals surface area contributed by atoms with Crippen LogP contribution < -0.4 is 11.1 Å². The van der Waals surface area contributed by atoms with Gasteiger partial charge in [0.2, 0.25) is 0 Å². The first-order valence-corrected chi connectivity index (χ1v) is 7.75. The lowest BCUT2D eigenvalue weighted by Crippen LogP contribution is -2.18. The van der Waals surface area contributed by atoms with Crippen molar-refractivity contribution >= 4 is 44.7 Å². The zero-order valence-corrected chi connectivity index (χ0v) is 11.3. The molecule has 0 amide bonds. The van der Waals surface area contributed by atoms with Crippen LogP contribution in [-0.2, 0) is 0 Å². The lowest BCUT2D eigenvalue weighted by atomic mass is 10.2. The molecule has 3 nitrogen and oxygen atoms in total. The van der Waals surface area contributed by atoms with Crippen LogP contribution in [0.4, 0.5) is 11.4 Å². The normalized spacial score (nSPS) is 17.2. The SMILES string of the molecule is CSC1(CNc2ccc3scnc3c2N)CC1. The molecule has 0 aliphatic heterocycles. The number of hydrogen-bond donors (Lipinski definition) is 2. The molecule has 17 heavy (non-hydrogen) atoms. The molecule has 90 valence electrons. The van der Waals surface area contributed by atoms with Crippen LogP contribution in [0.3, 0.4) is 0 Å². The second-order valence-electron chi connectivity index (χ2n) is 4.47. The number of thiazole rings is 1. The minimum absolute atomic E-state index is 0.448. The second kappa shape index (κ2) is 4.07. The summed E-state index contributed by atoms with van der Waals surface area (Å²) in [6.45, 7) is 0.994. The van der Waals surface area contributed by atoms with Crippen LogP contribution in [0.1, 0.15) is 12.8 Å². The number of nitrogen functional groups attached to an aromatic ring is 1. The molecular formula is C12H15N3S2. The molecule has 3 rings (SSSR count). The molecule has 1 saturated carbocycles. The van der Waals surface area contributed by atoms with E-state index in [0.717, 1.165) is 28.1 Å². The van der Waals surface area contributed by atoms with Crippen molar-refractivity contribution in [3.05, 3.63) is 17.6 Å². The summed E-state index contributed by atoms with van der Waals surface area (Å²) >= 11 is 3.58. The number of nitrogens with one attached hydrogen (secondary N) is 1.